The fraction of sp³-hybridized carbons (Fsp3) is 0.138. The minimum Gasteiger partial charge on any atom is -0.505 e. The molecule has 206 valence electrons. The van der Waals surface area contributed by atoms with Crippen molar-refractivity contribution in [2.75, 3.05) is 12.0 Å². The van der Waals surface area contributed by atoms with E-state index in [-0.39, 0.29) is 22.3 Å². The Kier molecular flexibility index (Phi) is 7.01. The zero-order chi connectivity index (χ0) is 28.7. The van der Waals surface area contributed by atoms with Gasteiger partial charge in [0.25, 0.3) is 5.78 Å². The topological polar surface area (TPSA) is 110 Å². The highest BCUT2D eigenvalue weighted by atomic mass is 32.2. The van der Waals surface area contributed by atoms with E-state index >= 15 is 0 Å². The molecule has 0 radical (unpaired) electrons. The Morgan fingerprint density at radius 1 is 1.07 bits per heavy atom. The molecule has 1 atom stereocenters. The van der Waals surface area contributed by atoms with Gasteiger partial charge in [-0.05, 0) is 48.4 Å². The average Bonchev–Trinajstić information content (AvgIpc) is 3.66. The quantitative estimate of drug-likeness (QED) is 0.0867. The molecule has 4 heterocycles. The number of pyridine rings is 1. The number of amides is 1. The van der Waals surface area contributed by atoms with Crippen LogP contribution in [0.15, 0.2) is 82.8 Å². The first-order valence-corrected chi connectivity index (χ1v) is 14.3. The van der Waals surface area contributed by atoms with Crippen molar-refractivity contribution in [3.8, 4) is 5.75 Å². The molecule has 1 N–H and O–H groups in total. The van der Waals surface area contributed by atoms with Gasteiger partial charge in [0, 0.05) is 11.9 Å². The van der Waals surface area contributed by atoms with Gasteiger partial charge in [-0.1, -0.05) is 59.5 Å². The lowest BCUT2D eigenvalue weighted by Crippen LogP contribution is -2.29. The second-order valence-corrected chi connectivity index (χ2v) is 11.3. The summed E-state index contributed by atoms with van der Waals surface area (Å²) < 4.78 is 21.6. The van der Waals surface area contributed by atoms with Crippen molar-refractivity contribution >= 4 is 51.3 Å². The summed E-state index contributed by atoms with van der Waals surface area (Å²) in [6, 6.07) is 17.7. The molecule has 1 fully saturated rings. The van der Waals surface area contributed by atoms with Gasteiger partial charge in [-0.2, -0.15) is 0 Å². The van der Waals surface area contributed by atoms with Crippen LogP contribution in [-0.4, -0.2) is 43.5 Å². The molecular weight excluding hydrogens is 565 g/mol. The number of hydrogen-bond acceptors (Lipinski definition) is 9. The van der Waals surface area contributed by atoms with E-state index in [0.717, 1.165) is 11.3 Å². The van der Waals surface area contributed by atoms with Crippen LogP contribution in [0.4, 0.5) is 9.52 Å². The predicted octanol–water partition coefficient (Wildman–Crippen LogP) is 5.56. The molecular formula is C29H22FN5O4S2. The van der Waals surface area contributed by atoms with Crippen molar-refractivity contribution in [2.45, 2.75) is 23.1 Å². The van der Waals surface area contributed by atoms with Crippen LogP contribution in [0.25, 0.3) is 11.4 Å². The number of aliphatic hydroxyl groups excluding tert-OH is 1. The van der Waals surface area contributed by atoms with Crippen LogP contribution < -0.4 is 9.64 Å². The van der Waals surface area contributed by atoms with Gasteiger partial charge in [0.1, 0.15) is 22.9 Å². The summed E-state index contributed by atoms with van der Waals surface area (Å²) in [5.41, 5.74) is 2.38. The van der Waals surface area contributed by atoms with E-state index in [4.69, 9.17) is 4.74 Å². The Bertz CT molecular complexity index is 1830. The Hall–Kier alpha value is -4.55. The van der Waals surface area contributed by atoms with E-state index in [2.05, 4.69) is 15.2 Å². The number of fused-ring (bicyclic) bond motifs is 1. The molecule has 1 amide bonds. The molecule has 6 rings (SSSR count). The van der Waals surface area contributed by atoms with Gasteiger partial charge in [0.05, 0.1) is 24.4 Å². The number of Topliss-reactive ketones (excluding diaryl/α,β-unsaturated/α-hetero) is 1. The number of halogens is 1. The summed E-state index contributed by atoms with van der Waals surface area (Å²) in [6.07, 6.45) is 1.73. The monoisotopic (exact) mass is 587 g/mol. The molecule has 41 heavy (non-hydrogen) atoms. The molecule has 1 aliphatic rings. The second kappa shape index (κ2) is 10.8. The van der Waals surface area contributed by atoms with Gasteiger partial charge in [0.15, 0.2) is 10.1 Å². The summed E-state index contributed by atoms with van der Waals surface area (Å²) in [4.78, 5) is 32.9. The number of nitrogens with zero attached hydrogens (tertiary/aromatic N) is 5. The molecule has 0 bridgehead atoms. The maximum Gasteiger partial charge on any atom is 0.301 e. The highest BCUT2D eigenvalue weighted by molar-refractivity contribution is 8.00. The first-order chi connectivity index (χ1) is 19.9. The molecule has 1 unspecified atom stereocenters. The maximum atomic E-state index is 14.1. The number of ketones is 1. The number of thioether (sulfide) groups is 1. The minimum atomic E-state index is -0.994. The fourth-order valence-electron chi connectivity index (χ4n) is 4.77. The van der Waals surface area contributed by atoms with Gasteiger partial charge in [-0.25, -0.2) is 9.37 Å². The molecule has 1 saturated heterocycles. The molecule has 2 aromatic carbocycles. The number of aliphatic hydroxyl groups is 1. The molecule has 9 nitrogen and oxygen atoms in total. The molecule has 0 spiro atoms. The number of methoxy groups -OCH3 is 1. The van der Waals surface area contributed by atoms with Gasteiger partial charge in [0.2, 0.25) is 5.13 Å². The van der Waals surface area contributed by atoms with E-state index < -0.39 is 17.7 Å². The standard InChI is InChI=1S/C29H22FN5O4S2/c1-16-23(34-14-6-5-9-21(34)31-16)25(36)22-24(17-10-12-19(39-2)13-11-17)35(27(38)26(22)37)28-32-33-29(41-28)40-15-18-7-3-4-8-20(18)30/h3-14,24,36H,15H2,1-2H3. The van der Waals surface area contributed by atoms with Crippen LogP contribution in [0.1, 0.15) is 28.6 Å². The molecule has 0 saturated carbocycles. The lowest BCUT2D eigenvalue weighted by Gasteiger charge is -2.22. The summed E-state index contributed by atoms with van der Waals surface area (Å²) in [5, 5.41) is 20.2. The van der Waals surface area contributed by atoms with Crippen LogP contribution in [0.5, 0.6) is 5.75 Å². The Morgan fingerprint density at radius 2 is 1.83 bits per heavy atom. The van der Waals surface area contributed by atoms with E-state index in [9.17, 15) is 19.1 Å². The Morgan fingerprint density at radius 3 is 2.59 bits per heavy atom. The number of rotatable bonds is 7. The molecule has 3 aromatic heterocycles. The van der Waals surface area contributed by atoms with Crippen LogP contribution in [0.3, 0.4) is 0 Å². The molecule has 1 aliphatic heterocycles. The lowest BCUT2D eigenvalue weighted by atomic mass is 9.96. The largest absolute Gasteiger partial charge is 0.505 e. The number of carbonyl (C=O) groups is 2. The van der Waals surface area contributed by atoms with E-state index in [1.54, 1.807) is 72.1 Å². The van der Waals surface area contributed by atoms with E-state index in [1.807, 2.05) is 6.07 Å². The summed E-state index contributed by atoms with van der Waals surface area (Å²) in [6.45, 7) is 1.73. The van der Waals surface area contributed by atoms with Crippen molar-refractivity contribution < 1.29 is 23.8 Å². The third-order valence-electron chi connectivity index (χ3n) is 6.72. The minimum absolute atomic E-state index is 0.0929. The van der Waals surface area contributed by atoms with Crippen molar-refractivity contribution in [3.05, 3.63) is 107 Å². The average molecular weight is 588 g/mol. The van der Waals surface area contributed by atoms with Gasteiger partial charge in [-0.15, -0.1) is 10.2 Å². The Balaban J connectivity index is 1.44. The number of hydrogen-bond donors (Lipinski definition) is 1. The lowest BCUT2D eigenvalue weighted by molar-refractivity contribution is -0.132. The third kappa shape index (κ3) is 4.74. The molecule has 12 heteroatoms. The first-order valence-electron chi connectivity index (χ1n) is 12.5. The van der Waals surface area contributed by atoms with Crippen molar-refractivity contribution in [1.29, 1.82) is 0 Å². The molecule has 0 aliphatic carbocycles. The van der Waals surface area contributed by atoms with Crippen molar-refractivity contribution in [1.82, 2.24) is 19.6 Å². The zero-order valence-corrected chi connectivity index (χ0v) is 23.4. The normalized spacial score (nSPS) is 16.6. The van der Waals surface area contributed by atoms with Crippen molar-refractivity contribution in [3.63, 3.8) is 0 Å². The second-order valence-electron chi connectivity index (χ2n) is 9.15. The number of anilines is 1. The third-order valence-corrected chi connectivity index (χ3v) is 8.82. The van der Waals surface area contributed by atoms with Gasteiger partial charge >= 0.3 is 5.91 Å². The summed E-state index contributed by atoms with van der Waals surface area (Å²) in [5.74, 6) is -1.47. The first kappa shape index (κ1) is 26.7. The number of aromatic nitrogens is 4. The van der Waals surface area contributed by atoms with E-state index in [1.165, 1.54) is 29.8 Å². The zero-order valence-electron chi connectivity index (χ0n) is 21.8. The molecule has 5 aromatic rings. The number of carbonyl (C=O) groups excluding carboxylic acids is 2. The van der Waals surface area contributed by atoms with Gasteiger partial charge < -0.3 is 9.84 Å². The predicted molar refractivity (Wildman–Crippen MR) is 154 cm³/mol. The number of aryl methyl sites for hydroxylation is 1. The summed E-state index contributed by atoms with van der Waals surface area (Å²) >= 11 is 2.38. The van der Waals surface area contributed by atoms with Crippen LogP contribution in [-0.2, 0) is 15.3 Å². The fourth-order valence-corrected chi connectivity index (χ4v) is 6.62. The van der Waals surface area contributed by atoms with Crippen LogP contribution >= 0.6 is 23.1 Å². The number of benzene rings is 2. The highest BCUT2D eigenvalue weighted by Crippen LogP contribution is 2.44. The summed E-state index contributed by atoms with van der Waals surface area (Å²) in [7, 11) is 1.54. The van der Waals surface area contributed by atoms with Crippen LogP contribution in [0, 0.1) is 12.7 Å². The number of imidazole rings is 1. The smallest absolute Gasteiger partial charge is 0.301 e. The van der Waals surface area contributed by atoms with Gasteiger partial charge in [-0.3, -0.25) is 18.9 Å². The Labute approximate surface area is 241 Å². The maximum absolute atomic E-state index is 14.1. The number of ether oxygens (including phenoxy) is 1. The van der Waals surface area contributed by atoms with Crippen LogP contribution in [0.2, 0.25) is 0 Å². The van der Waals surface area contributed by atoms with E-state index in [0.29, 0.717) is 44.0 Å². The SMILES string of the molecule is COc1ccc(C2C(=C(O)c3c(C)nc4ccccn34)C(=O)C(=O)N2c2nnc(SCc3ccccc3F)s2)cc1. The highest BCUT2D eigenvalue weighted by Gasteiger charge is 2.49. The van der Waals surface area contributed by atoms with Crippen molar-refractivity contribution in [2.24, 2.45) is 0 Å².